The van der Waals surface area contributed by atoms with Crippen LogP contribution in [-0.4, -0.2) is 40.3 Å². The number of carbonyl (C=O) groups is 1. The smallest absolute Gasteiger partial charge is 0.405 e. The molecule has 1 saturated heterocycles. The molecule has 2 rings (SSSR count). The van der Waals surface area contributed by atoms with Gasteiger partial charge in [-0.05, 0) is 0 Å². The fraction of sp³-hybridized carbons (Fsp3) is 0.375. The largest absolute Gasteiger partial charge is 0.465 e. The Labute approximate surface area is 90.9 Å². The van der Waals surface area contributed by atoms with Gasteiger partial charge in [-0.2, -0.15) is 0 Å². The predicted octanol–water partition coefficient (Wildman–Crippen LogP) is 0.586. The lowest BCUT2D eigenvalue weighted by molar-refractivity contribution is 0.187. The molecule has 0 aliphatic carbocycles. The summed E-state index contributed by atoms with van der Waals surface area (Å²) < 4.78 is 0. The number of nitrogens with zero attached hydrogens (tertiary/aromatic N) is 3. The second-order valence-corrected chi connectivity index (χ2v) is 3.64. The summed E-state index contributed by atoms with van der Waals surface area (Å²) in [5, 5.41) is 11.2. The van der Waals surface area contributed by atoms with Gasteiger partial charge in [0.1, 0.15) is 11.0 Å². The Morgan fingerprint density at radius 2 is 2.33 bits per heavy atom. The summed E-state index contributed by atoms with van der Waals surface area (Å²) >= 11 is 5.68. The van der Waals surface area contributed by atoms with Crippen molar-refractivity contribution < 1.29 is 9.90 Å². The fourth-order valence-corrected chi connectivity index (χ4v) is 1.56. The van der Waals surface area contributed by atoms with E-state index in [-0.39, 0.29) is 6.04 Å². The molecule has 2 N–H and O–H groups in total. The summed E-state index contributed by atoms with van der Waals surface area (Å²) in [6.45, 7) is 1.20. The van der Waals surface area contributed by atoms with Gasteiger partial charge in [0.2, 0.25) is 0 Å². The van der Waals surface area contributed by atoms with Crippen LogP contribution in [-0.2, 0) is 0 Å². The van der Waals surface area contributed by atoms with Crippen LogP contribution in [0.4, 0.5) is 10.6 Å². The second-order valence-electron chi connectivity index (χ2n) is 3.25. The SMILES string of the molecule is O=C(O)NC1CN(c2cncc(Cl)n2)C1. The number of halogens is 1. The van der Waals surface area contributed by atoms with Crippen molar-refractivity contribution in [3.63, 3.8) is 0 Å². The van der Waals surface area contributed by atoms with Crippen LogP contribution in [0.15, 0.2) is 12.4 Å². The van der Waals surface area contributed by atoms with E-state index in [1.807, 2.05) is 4.90 Å². The highest BCUT2D eigenvalue weighted by Crippen LogP contribution is 2.18. The maximum absolute atomic E-state index is 10.3. The molecule has 1 aliphatic rings. The Kier molecular flexibility index (Phi) is 2.59. The van der Waals surface area contributed by atoms with Crippen LogP contribution in [0, 0.1) is 0 Å². The van der Waals surface area contributed by atoms with E-state index < -0.39 is 6.09 Å². The first-order valence-corrected chi connectivity index (χ1v) is 4.75. The molecule has 2 heterocycles. The third-order valence-corrected chi connectivity index (χ3v) is 2.31. The van der Waals surface area contributed by atoms with Crippen LogP contribution < -0.4 is 10.2 Å². The minimum Gasteiger partial charge on any atom is -0.465 e. The molecule has 15 heavy (non-hydrogen) atoms. The fourth-order valence-electron chi connectivity index (χ4n) is 1.42. The molecule has 0 aromatic carbocycles. The first-order valence-electron chi connectivity index (χ1n) is 4.37. The summed E-state index contributed by atoms with van der Waals surface area (Å²) in [6, 6.07) is -0.0386. The van der Waals surface area contributed by atoms with Crippen molar-refractivity contribution in [2.45, 2.75) is 6.04 Å². The number of rotatable bonds is 2. The zero-order valence-corrected chi connectivity index (χ0v) is 8.48. The van der Waals surface area contributed by atoms with Gasteiger partial charge < -0.3 is 15.3 Å². The zero-order chi connectivity index (χ0) is 10.8. The number of hydrogen-bond donors (Lipinski definition) is 2. The Morgan fingerprint density at radius 1 is 1.60 bits per heavy atom. The van der Waals surface area contributed by atoms with Crippen molar-refractivity contribution in [3.8, 4) is 0 Å². The van der Waals surface area contributed by atoms with Gasteiger partial charge in [0.25, 0.3) is 0 Å². The summed E-state index contributed by atoms with van der Waals surface area (Å²) in [5.74, 6) is 0.672. The minimum atomic E-state index is -1.00. The average Bonchev–Trinajstić information content (AvgIpc) is 2.10. The summed E-state index contributed by atoms with van der Waals surface area (Å²) in [7, 11) is 0. The second kappa shape index (κ2) is 3.90. The highest BCUT2D eigenvalue weighted by molar-refractivity contribution is 6.29. The molecule has 0 atom stereocenters. The lowest BCUT2D eigenvalue weighted by Gasteiger charge is -2.39. The Morgan fingerprint density at radius 3 is 2.93 bits per heavy atom. The van der Waals surface area contributed by atoms with Crippen LogP contribution in [0.2, 0.25) is 5.15 Å². The van der Waals surface area contributed by atoms with E-state index in [1.54, 1.807) is 6.20 Å². The van der Waals surface area contributed by atoms with Crippen molar-refractivity contribution in [1.82, 2.24) is 15.3 Å². The molecule has 1 aromatic heterocycles. The summed E-state index contributed by atoms with van der Waals surface area (Å²) in [5.41, 5.74) is 0. The van der Waals surface area contributed by atoms with Gasteiger partial charge in [0.05, 0.1) is 18.4 Å². The standard InChI is InChI=1S/C8H9ClN4O2/c9-6-1-10-2-7(12-6)13-3-5(4-13)11-8(14)15/h1-2,5,11H,3-4H2,(H,14,15). The molecular formula is C8H9ClN4O2. The average molecular weight is 229 g/mol. The zero-order valence-electron chi connectivity index (χ0n) is 7.72. The maximum Gasteiger partial charge on any atom is 0.405 e. The molecule has 0 saturated carbocycles. The van der Waals surface area contributed by atoms with Gasteiger partial charge in [-0.15, -0.1) is 0 Å². The number of hydrogen-bond acceptors (Lipinski definition) is 4. The first-order chi connectivity index (χ1) is 7.15. The molecule has 1 amide bonds. The number of anilines is 1. The predicted molar refractivity (Wildman–Crippen MR) is 54.2 cm³/mol. The molecule has 0 unspecified atom stereocenters. The monoisotopic (exact) mass is 228 g/mol. The van der Waals surface area contributed by atoms with Crippen molar-refractivity contribution in [2.75, 3.05) is 18.0 Å². The molecule has 7 heteroatoms. The molecule has 1 fully saturated rings. The summed E-state index contributed by atoms with van der Waals surface area (Å²) in [4.78, 5) is 20.2. The molecule has 0 radical (unpaired) electrons. The van der Waals surface area contributed by atoms with Gasteiger partial charge in [-0.25, -0.2) is 9.78 Å². The third kappa shape index (κ3) is 2.27. The van der Waals surface area contributed by atoms with E-state index in [0.717, 1.165) is 0 Å². The van der Waals surface area contributed by atoms with Crippen molar-refractivity contribution >= 4 is 23.5 Å². The topological polar surface area (TPSA) is 78.4 Å². The summed E-state index contributed by atoms with van der Waals surface area (Å²) in [6.07, 6.45) is 2.05. The number of nitrogens with one attached hydrogen (secondary N) is 1. The molecule has 6 nitrogen and oxygen atoms in total. The van der Waals surface area contributed by atoms with E-state index in [0.29, 0.717) is 24.1 Å². The molecule has 0 bridgehead atoms. The van der Waals surface area contributed by atoms with E-state index in [2.05, 4.69) is 15.3 Å². The molecule has 1 aliphatic heterocycles. The van der Waals surface area contributed by atoms with Crippen LogP contribution in [0.1, 0.15) is 0 Å². The van der Waals surface area contributed by atoms with Crippen molar-refractivity contribution in [2.24, 2.45) is 0 Å². The van der Waals surface area contributed by atoms with E-state index in [9.17, 15) is 4.79 Å². The maximum atomic E-state index is 10.3. The molecular weight excluding hydrogens is 220 g/mol. The molecule has 1 aromatic rings. The quantitative estimate of drug-likeness (QED) is 0.775. The van der Waals surface area contributed by atoms with Crippen LogP contribution in [0.3, 0.4) is 0 Å². The Balaban J connectivity index is 1.92. The third-order valence-electron chi connectivity index (χ3n) is 2.13. The lowest BCUT2D eigenvalue weighted by Crippen LogP contribution is -2.59. The van der Waals surface area contributed by atoms with Gasteiger partial charge in [0, 0.05) is 13.1 Å². The van der Waals surface area contributed by atoms with E-state index >= 15 is 0 Å². The van der Waals surface area contributed by atoms with Gasteiger partial charge in [-0.1, -0.05) is 11.6 Å². The highest BCUT2D eigenvalue weighted by atomic mass is 35.5. The first kappa shape index (κ1) is 9.97. The van der Waals surface area contributed by atoms with Crippen molar-refractivity contribution in [3.05, 3.63) is 17.5 Å². The van der Waals surface area contributed by atoms with Crippen LogP contribution >= 0.6 is 11.6 Å². The number of carboxylic acid groups (broad SMARTS) is 1. The van der Waals surface area contributed by atoms with E-state index in [4.69, 9.17) is 16.7 Å². The Bertz CT molecular complexity index is 381. The highest BCUT2D eigenvalue weighted by Gasteiger charge is 2.29. The Hall–Kier alpha value is -1.56. The normalized spacial score (nSPS) is 15.9. The molecule has 80 valence electrons. The number of aromatic nitrogens is 2. The van der Waals surface area contributed by atoms with Crippen LogP contribution in [0.5, 0.6) is 0 Å². The van der Waals surface area contributed by atoms with Gasteiger partial charge in [-0.3, -0.25) is 4.98 Å². The van der Waals surface area contributed by atoms with Crippen molar-refractivity contribution in [1.29, 1.82) is 0 Å². The van der Waals surface area contributed by atoms with Gasteiger partial charge >= 0.3 is 6.09 Å². The van der Waals surface area contributed by atoms with E-state index in [1.165, 1.54) is 6.20 Å². The lowest BCUT2D eigenvalue weighted by atomic mass is 10.1. The number of amides is 1. The minimum absolute atomic E-state index is 0.0386. The van der Waals surface area contributed by atoms with Crippen LogP contribution in [0.25, 0.3) is 0 Å². The molecule has 0 spiro atoms. The van der Waals surface area contributed by atoms with Gasteiger partial charge in [0.15, 0.2) is 0 Å².